The highest BCUT2D eigenvalue weighted by Gasteiger charge is 2.15. The molecule has 0 unspecified atom stereocenters. The summed E-state index contributed by atoms with van der Waals surface area (Å²) >= 11 is 11.8. The van der Waals surface area contributed by atoms with E-state index >= 15 is 0 Å². The van der Waals surface area contributed by atoms with E-state index in [1.54, 1.807) is 12.3 Å². The minimum absolute atomic E-state index is 0.0685. The molecule has 0 spiro atoms. The third kappa shape index (κ3) is 3.69. The van der Waals surface area contributed by atoms with Gasteiger partial charge < -0.3 is 4.42 Å². The number of hydrogen-bond acceptors (Lipinski definition) is 3. The Morgan fingerprint density at radius 1 is 1.08 bits per heavy atom. The predicted molar refractivity (Wildman–Crippen MR) is 101 cm³/mol. The molecule has 5 nitrogen and oxygen atoms in total. The highest BCUT2D eigenvalue weighted by atomic mass is 35.5. The number of carbonyl (C=O) groups excluding carboxylic acids is 2. The first kappa shape index (κ1) is 18.3. The molecule has 134 valence electrons. The third-order valence-corrected chi connectivity index (χ3v) is 4.75. The van der Waals surface area contributed by atoms with Crippen LogP contribution < -0.4 is 10.9 Å². The van der Waals surface area contributed by atoms with E-state index < -0.39 is 5.91 Å². The van der Waals surface area contributed by atoms with E-state index in [-0.39, 0.29) is 22.9 Å². The molecule has 7 heteroatoms. The fraction of sp³-hybridized carbons (Fsp3) is 0.158. The second-order valence-electron chi connectivity index (χ2n) is 5.95. The molecule has 0 aliphatic rings. The lowest BCUT2D eigenvalue weighted by atomic mass is 10.0. The topological polar surface area (TPSA) is 71.3 Å². The number of amides is 2. The maximum atomic E-state index is 12.2. The number of hydrogen-bond donors (Lipinski definition) is 2. The molecule has 0 aliphatic carbocycles. The number of hydrazine groups is 1. The summed E-state index contributed by atoms with van der Waals surface area (Å²) in [6, 6.07) is 8.43. The first-order chi connectivity index (χ1) is 12.4. The molecule has 0 saturated carbocycles. The lowest BCUT2D eigenvalue weighted by molar-refractivity contribution is -0.121. The van der Waals surface area contributed by atoms with Crippen LogP contribution in [0.1, 0.15) is 27.0 Å². The number of furan rings is 1. The Labute approximate surface area is 160 Å². The smallest absolute Gasteiger partial charge is 0.271 e. The highest BCUT2D eigenvalue weighted by Crippen LogP contribution is 2.26. The number of benzene rings is 2. The molecular formula is C19H16Cl2N2O3. The van der Waals surface area contributed by atoms with E-state index in [1.165, 1.54) is 12.1 Å². The van der Waals surface area contributed by atoms with E-state index in [4.69, 9.17) is 27.6 Å². The van der Waals surface area contributed by atoms with Crippen molar-refractivity contribution in [2.75, 3.05) is 0 Å². The van der Waals surface area contributed by atoms with Crippen LogP contribution in [0.15, 0.2) is 41.0 Å². The molecule has 3 rings (SSSR count). The second kappa shape index (κ2) is 7.40. The number of rotatable bonds is 3. The van der Waals surface area contributed by atoms with Gasteiger partial charge in [0.1, 0.15) is 5.58 Å². The van der Waals surface area contributed by atoms with Crippen molar-refractivity contribution in [2.45, 2.75) is 20.3 Å². The van der Waals surface area contributed by atoms with Gasteiger partial charge in [0.15, 0.2) is 0 Å². The van der Waals surface area contributed by atoms with Crippen LogP contribution in [0.4, 0.5) is 0 Å². The zero-order valence-electron chi connectivity index (χ0n) is 14.2. The molecule has 0 bridgehead atoms. The van der Waals surface area contributed by atoms with Crippen LogP contribution in [0.3, 0.4) is 0 Å². The van der Waals surface area contributed by atoms with Crippen LogP contribution in [0.5, 0.6) is 0 Å². The van der Waals surface area contributed by atoms with Gasteiger partial charge in [-0.05, 0) is 43.2 Å². The molecule has 0 aliphatic heterocycles. The summed E-state index contributed by atoms with van der Waals surface area (Å²) in [5, 5.41) is 1.50. The van der Waals surface area contributed by atoms with Crippen molar-refractivity contribution in [1.82, 2.24) is 10.9 Å². The van der Waals surface area contributed by atoms with Gasteiger partial charge in [-0.15, -0.1) is 0 Å². The second-order valence-corrected chi connectivity index (χ2v) is 6.79. The van der Waals surface area contributed by atoms with Crippen LogP contribution in [-0.2, 0) is 11.2 Å². The molecule has 0 saturated heterocycles. The van der Waals surface area contributed by atoms with Crippen molar-refractivity contribution in [3.8, 4) is 0 Å². The summed E-state index contributed by atoms with van der Waals surface area (Å²) in [6.45, 7) is 3.97. The van der Waals surface area contributed by atoms with Gasteiger partial charge in [-0.3, -0.25) is 20.4 Å². The normalized spacial score (nSPS) is 10.8. The minimum Gasteiger partial charge on any atom is -0.464 e. The van der Waals surface area contributed by atoms with Crippen LogP contribution in [0.25, 0.3) is 11.0 Å². The van der Waals surface area contributed by atoms with Gasteiger partial charge in [0.2, 0.25) is 5.91 Å². The van der Waals surface area contributed by atoms with Crippen LogP contribution in [-0.4, -0.2) is 11.8 Å². The quantitative estimate of drug-likeness (QED) is 0.652. The molecule has 1 heterocycles. The Hall–Kier alpha value is -2.50. The fourth-order valence-corrected chi connectivity index (χ4v) is 2.98. The first-order valence-electron chi connectivity index (χ1n) is 7.87. The molecule has 26 heavy (non-hydrogen) atoms. The van der Waals surface area contributed by atoms with Gasteiger partial charge in [0.25, 0.3) is 5.91 Å². The molecule has 1 aromatic heterocycles. The average molecular weight is 391 g/mol. The average Bonchev–Trinajstić information content (AvgIpc) is 3.01. The number of halogens is 2. The van der Waals surface area contributed by atoms with Crippen LogP contribution in [0.2, 0.25) is 10.0 Å². The van der Waals surface area contributed by atoms with Crippen molar-refractivity contribution in [3.05, 3.63) is 68.9 Å². The van der Waals surface area contributed by atoms with E-state index in [0.29, 0.717) is 5.02 Å². The monoisotopic (exact) mass is 390 g/mol. The Bertz CT molecular complexity index is 1010. The van der Waals surface area contributed by atoms with Gasteiger partial charge in [-0.1, -0.05) is 35.3 Å². The minimum atomic E-state index is -0.547. The summed E-state index contributed by atoms with van der Waals surface area (Å²) in [5.41, 5.74) is 8.56. The Morgan fingerprint density at radius 2 is 1.85 bits per heavy atom. The van der Waals surface area contributed by atoms with Crippen LogP contribution in [0, 0.1) is 13.8 Å². The molecule has 2 N–H and O–H groups in total. The summed E-state index contributed by atoms with van der Waals surface area (Å²) in [4.78, 5) is 24.3. The highest BCUT2D eigenvalue weighted by molar-refractivity contribution is 6.35. The Morgan fingerprint density at radius 3 is 2.62 bits per heavy atom. The van der Waals surface area contributed by atoms with E-state index in [1.807, 2.05) is 26.0 Å². The Kier molecular flexibility index (Phi) is 5.20. The maximum absolute atomic E-state index is 12.2. The van der Waals surface area contributed by atoms with Crippen molar-refractivity contribution in [2.24, 2.45) is 0 Å². The SMILES string of the molecule is Cc1ccc2c(CC(=O)NNC(=O)c3cc(Cl)ccc3Cl)coc2c1C. The zero-order valence-corrected chi connectivity index (χ0v) is 15.7. The fourth-order valence-electron chi connectivity index (χ4n) is 2.61. The van der Waals surface area contributed by atoms with Gasteiger partial charge in [-0.25, -0.2) is 0 Å². The molecule has 0 atom stereocenters. The summed E-state index contributed by atoms with van der Waals surface area (Å²) in [7, 11) is 0. The lowest BCUT2D eigenvalue weighted by Crippen LogP contribution is -2.42. The van der Waals surface area contributed by atoms with Gasteiger partial charge in [-0.2, -0.15) is 0 Å². The molecule has 0 radical (unpaired) electrons. The maximum Gasteiger partial charge on any atom is 0.271 e. The van der Waals surface area contributed by atoms with Gasteiger partial charge >= 0.3 is 0 Å². The van der Waals surface area contributed by atoms with Gasteiger partial charge in [0.05, 0.1) is 23.3 Å². The Balaban J connectivity index is 1.67. The third-order valence-electron chi connectivity index (χ3n) is 4.18. The molecule has 2 aromatic carbocycles. The lowest BCUT2D eigenvalue weighted by Gasteiger charge is -2.08. The van der Waals surface area contributed by atoms with E-state index in [2.05, 4.69) is 10.9 Å². The summed E-state index contributed by atoms with van der Waals surface area (Å²) in [5.74, 6) is -0.924. The molecular weight excluding hydrogens is 375 g/mol. The number of carbonyl (C=O) groups is 2. The molecule has 3 aromatic rings. The van der Waals surface area contributed by atoms with Crippen LogP contribution >= 0.6 is 23.2 Å². The largest absolute Gasteiger partial charge is 0.464 e. The number of aryl methyl sites for hydroxylation is 2. The summed E-state index contributed by atoms with van der Waals surface area (Å²) in [6.07, 6.45) is 1.63. The predicted octanol–water partition coefficient (Wildman–Crippen LogP) is 4.36. The molecule has 0 fully saturated rings. The number of nitrogens with one attached hydrogen (secondary N) is 2. The van der Waals surface area contributed by atoms with Crippen molar-refractivity contribution in [1.29, 1.82) is 0 Å². The van der Waals surface area contributed by atoms with E-state index in [9.17, 15) is 9.59 Å². The zero-order chi connectivity index (χ0) is 18.8. The molecule has 2 amide bonds. The van der Waals surface area contributed by atoms with Gasteiger partial charge in [0, 0.05) is 16.0 Å². The van der Waals surface area contributed by atoms with Crippen molar-refractivity contribution < 1.29 is 14.0 Å². The van der Waals surface area contributed by atoms with Crippen molar-refractivity contribution in [3.63, 3.8) is 0 Å². The number of fused-ring (bicyclic) bond motifs is 1. The first-order valence-corrected chi connectivity index (χ1v) is 8.63. The van der Waals surface area contributed by atoms with E-state index in [0.717, 1.165) is 27.7 Å². The van der Waals surface area contributed by atoms with Crippen molar-refractivity contribution >= 4 is 46.0 Å². The standard InChI is InChI=1S/C19H16Cl2N2O3/c1-10-3-5-14-12(9-26-18(14)11(10)2)7-17(24)22-23-19(25)15-8-13(20)4-6-16(15)21/h3-6,8-9H,7H2,1-2H3,(H,22,24)(H,23,25). The summed E-state index contributed by atoms with van der Waals surface area (Å²) < 4.78 is 5.59.